The summed E-state index contributed by atoms with van der Waals surface area (Å²) in [5.41, 5.74) is 1.26. The van der Waals surface area contributed by atoms with Gasteiger partial charge in [-0.1, -0.05) is 0 Å². The van der Waals surface area contributed by atoms with Crippen LogP contribution in [0.2, 0.25) is 0 Å². The summed E-state index contributed by atoms with van der Waals surface area (Å²) in [6.45, 7) is 7.36. The Kier molecular flexibility index (Phi) is 4.67. The molecule has 0 aliphatic carbocycles. The van der Waals surface area contributed by atoms with E-state index in [1.165, 1.54) is 0 Å². The zero-order chi connectivity index (χ0) is 13.9. The van der Waals surface area contributed by atoms with Crippen molar-refractivity contribution in [2.75, 3.05) is 0 Å². The number of hydrogen-bond acceptors (Lipinski definition) is 5. The number of nitrogens with zero attached hydrogens (tertiary/aromatic N) is 1. The molecule has 5 heteroatoms. The number of aryl methyl sites for hydroxylation is 1. The molecule has 0 amide bonds. The summed E-state index contributed by atoms with van der Waals surface area (Å²) in [6.07, 6.45) is 1.03. The molecular formula is C13H22N2O3. The monoisotopic (exact) mass is 254 g/mol. The number of aliphatic hydroxyl groups excluding tert-OH is 2. The number of pyridine rings is 1. The van der Waals surface area contributed by atoms with E-state index >= 15 is 0 Å². The van der Waals surface area contributed by atoms with Crippen molar-refractivity contribution < 1.29 is 15.3 Å². The number of aliphatic hydroxyl groups is 2. The van der Waals surface area contributed by atoms with E-state index in [0.717, 1.165) is 0 Å². The molecule has 1 unspecified atom stereocenters. The minimum Gasteiger partial charge on any atom is -0.506 e. The zero-order valence-corrected chi connectivity index (χ0v) is 11.4. The summed E-state index contributed by atoms with van der Waals surface area (Å²) in [7, 11) is 0. The summed E-state index contributed by atoms with van der Waals surface area (Å²) in [6, 6.07) is 0. The smallest absolute Gasteiger partial charge is 0.141 e. The molecule has 0 aliphatic heterocycles. The van der Waals surface area contributed by atoms with Crippen LogP contribution in [-0.2, 0) is 13.2 Å². The Bertz CT molecular complexity index is 417. The lowest BCUT2D eigenvalue weighted by molar-refractivity contribution is 0.0953. The first-order chi connectivity index (χ1) is 8.29. The molecule has 0 bridgehead atoms. The fourth-order valence-corrected chi connectivity index (χ4v) is 1.48. The maximum Gasteiger partial charge on any atom is 0.141 e. The molecule has 0 aliphatic rings. The molecule has 18 heavy (non-hydrogen) atoms. The topological polar surface area (TPSA) is 85.6 Å². The average molecular weight is 254 g/mol. The molecule has 1 aromatic heterocycles. The Morgan fingerprint density at radius 3 is 2.56 bits per heavy atom. The molecular weight excluding hydrogens is 232 g/mol. The van der Waals surface area contributed by atoms with Crippen molar-refractivity contribution in [3.8, 4) is 5.75 Å². The van der Waals surface area contributed by atoms with Crippen molar-refractivity contribution in [1.29, 1.82) is 0 Å². The molecule has 5 nitrogen and oxygen atoms in total. The van der Waals surface area contributed by atoms with Gasteiger partial charge in [0.05, 0.1) is 18.4 Å². The third kappa shape index (κ3) is 3.19. The van der Waals surface area contributed by atoms with E-state index in [-0.39, 0.29) is 12.4 Å². The van der Waals surface area contributed by atoms with E-state index in [2.05, 4.69) is 10.3 Å². The van der Waals surface area contributed by atoms with Crippen LogP contribution in [0.15, 0.2) is 6.20 Å². The second-order valence-corrected chi connectivity index (χ2v) is 5.11. The van der Waals surface area contributed by atoms with Gasteiger partial charge in [-0.15, -0.1) is 0 Å². The first-order valence-electron chi connectivity index (χ1n) is 6.00. The second kappa shape index (κ2) is 5.65. The van der Waals surface area contributed by atoms with Crippen molar-refractivity contribution in [3.05, 3.63) is 23.0 Å². The van der Waals surface area contributed by atoms with Gasteiger partial charge < -0.3 is 20.6 Å². The van der Waals surface area contributed by atoms with Crippen molar-refractivity contribution in [3.63, 3.8) is 0 Å². The SMILES string of the molecule is Cc1ncc(CO)c(CNC(C)(C)C(C)O)c1O. The highest BCUT2D eigenvalue weighted by atomic mass is 16.3. The molecule has 1 rings (SSSR count). The molecule has 0 saturated heterocycles. The van der Waals surface area contributed by atoms with E-state index in [4.69, 9.17) is 0 Å². The molecule has 0 fully saturated rings. The van der Waals surface area contributed by atoms with Crippen LogP contribution in [0.4, 0.5) is 0 Å². The first-order valence-corrected chi connectivity index (χ1v) is 6.00. The average Bonchev–Trinajstić information content (AvgIpc) is 2.30. The highest BCUT2D eigenvalue weighted by Crippen LogP contribution is 2.24. The third-order valence-corrected chi connectivity index (χ3v) is 3.37. The minimum absolute atomic E-state index is 0.0930. The molecule has 1 atom stereocenters. The van der Waals surface area contributed by atoms with Crippen molar-refractivity contribution in [2.45, 2.75) is 52.5 Å². The van der Waals surface area contributed by atoms with E-state index in [0.29, 0.717) is 23.4 Å². The predicted octanol–water partition coefficient (Wildman–Crippen LogP) is 0.837. The number of aromatic nitrogens is 1. The Morgan fingerprint density at radius 1 is 1.44 bits per heavy atom. The number of hydrogen-bond donors (Lipinski definition) is 4. The van der Waals surface area contributed by atoms with E-state index in [1.807, 2.05) is 13.8 Å². The van der Waals surface area contributed by atoms with Gasteiger partial charge in [0.2, 0.25) is 0 Å². The normalized spacial score (nSPS) is 13.7. The third-order valence-electron chi connectivity index (χ3n) is 3.37. The first kappa shape index (κ1) is 14.9. The van der Waals surface area contributed by atoms with E-state index in [1.54, 1.807) is 20.0 Å². The number of nitrogens with one attached hydrogen (secondary N) is 1. The van der Waals surface area contributed by atoms with Gasteiger partial charge in [-0.25, -0.2) is 0 Å². The molecule has 1 aromatic rings. The Hall–Kier alpha value is -1.17. The van der Waals surface area contributed by atoms with Gasteiger partial charge in [0.25, 0.3) is 0 Å². The van der Waals surface area contributed by atoms with Crippen molar-refractivity contribution in [2.24, 2.45) is 0 Å². The zero-order valence-electron chi connectivity index (χ0n) is 11.4. The fraction of sp³-hybridized carbons (Fsp3) is 0.615. The van der Waals surface area contributed by atoms with Crippen LogP contribution in [0.25, 0.3) is 0 Å². The summed E-state index contributed by atoms with van der Waals surface area (Å²) in [5.74, 6) is 0.0930. The van der Waals surface area contributed by atoms with Crippen LogP contribution in [-0.4, -0.2) is 31.9 Å². The maximum absolute atomic E-state index is 9.97. The Labute approximate surface area is 108 Å². The molecule has 4 N–H and O–H groups in total. The van der Waals surface area contributed by atoms with Crippen LogP contribution in [0.5, 0.6) is 5.75 Å². The minimum atomic E-state index is -0.528. The quantitative estimate of drug-likeness (QED) is 0.625. The van der Waals surface area contributed by atoms with Crippen molar-refractivity contribution >= 4 is 0 Å². The van der Waals surface area contributed by atoms with Gasteiger partial charge in [0, 0.05) is 29.4 Å². The van der Waals surface area contributed by atoms with Gasteiger partial charge >= 0.3 is 0 Å². The van der Waals surface area contributed by atoms with Gasteiger partial charge in [-0.2, -0.15) is 0 Å². The molecule has 0 aromatic carbocycles. The van der Waals surface area contributed by atoms with E-state index in [9.17, 15) is 15.3 Å². The molecule has 1 heterocycles. The standard InChI is InChI=1S/C13H22N2O3/c1-8-12(18)11(10(7-16)5-14-8)6-15-13(3,4)9(2)17/h5,9,15-18H,6-7H2,1-4H3. The largest absolute Gasteiger partial charge is 0.506 e. The van der Waals surface area contributed by atoms with Gasteiger partial charge in [0.15, 0.2) is 0 Å². The van der Waals surface area contributed by atoms with Gasteiger partial charge in [0.1, 0.15) is 5.75 Å². The molecule has 0 saturated carbocycles. The van der Waals surface area contributed by atoms with Crippen LogP contribution in [0.3, 0.4) is 0 Å². The maximum atomic E-state index is 9.97. The summed E-state index contributed by atoms with van der Waals surface area (Å²) in [5, 5.41) is 32.0. The predicted molar refractivity (Wildman–Crippen MR) is 69.2 cm³/mol. The summed E-state index contributed by atoms with van der Waals surface area (Å²) in [4.78, 5) is 4.00. The lowest BCUT2D eigenvalue weighted by Gasteiger charge is -2.30. The van der Waals surface area contributed by atoms with Gasteiger partial charge in [-0.05, 0) is 27.7 Å². The second-order valence-electron chi connectivity index (χ2n) is 5.11. The fourth-order valence-electron chi connectivity index (χ4n) is 1.48. The lowest BCUT2D eigenvalue weighted by atomic mass is 9.97. The summed E-state index contributed by atoms with van der Waals surface area (Å²) >= 11 is 0. The summed E-state index contributed by atoms with van der Waals surface area (Å²) < 4.78 is 0. The lowest BCUT2D eigenvalue weighted by Crippen LogP contribution is -2.47. The highest BCUT2D eigenvalue weighted by molar-refractivity contribution is 5.40. The number of aromatic hydroxyl groups is 1. The van der Waals surface area contributed by atoms with Gasteiger partial charge in [-0.3, -0.25) is 4.98 Å². The van der Waals surface area contributed by atoms with Crippen LogP contribution in [0, 0.1) is 6.92 Å². The van der Waals surface area contributed by atoms with Crippen LogP contribution >= 0.6 is 0 Å². The highest BCUT2D eigenvalue weighted by Gasteiger charge is 2.24. The van der Waals surface area contributed by atoms with E-state index < -0.39 is 11.6 Å². The van der Waals surface area contributed by atoms with Crippen molar-refractivity contribution in [1.82, 2.24) is 10.3 Å². The molecule has 102 valence electrons. The van der Waals surface area contributed by atoms with Crippen LogP contribution < -0.4 is 5.32 Å². The van der Waals surface area contributed by atoms with Crippen LogP contribution in [0.1, 0.15) is 37.6 Å². The Balaban J connectivity index is 2.94. The molecule has 0 spiro atoms. The number of rotatable bonds is 5. The molecule has 0 radical (unpaired) electrons. The Morgan fingerprint density at radius 2 is 2.06 bits per heavy atom.